The van der Waals surface area contributed by atoms with E-state index in [1.54, 1.807) is 16.8 Å². The van der Waals surface area contributed by atoms with Gasteiger partial charge in [0.2, 0.25) is 0 Å². The third kappa shape index (κ3) is 3.11. The van der Waals surface area contributed by atoms with Gasteiger partial charge in [-0.25, -0.2) is 4.79 Å². The lowest BCUT2D eigenvalue weighted by Gasteiger charge is -2.09. The lowest BCUT2D eigenvalue weighted by Crippen LogP contribution is -2.06. The molecule has 0 aliphatic carbocycles. The summed E-state index contributed by atoms with van der Waals surface area (Å²) in [5, 5.41) is 13.8. The van der Waals surface area contributed by atoms with Crippen LogP contribution in [0.5, 0.6) is 5.75 Å². The molecule has 1 aromatic heterocycles. The molecule has 0 unspecified atom stereocenters. The molecule has 0 amide bonds. The van der Waals surface area contributed by atoms with Crippen LogP contribution in [0.2, 0.25) is 5.02 Å². The van der Waals surface area contributed by atoms with Crippen LogP contribution < -0.4 is 4.74 Å². The second-order valence-electron chi connectivity index (χ2n) is 4.34. The molecule has 5 nitrogen and oxygen atoms in total. The summed E-state index contributed by atoms with van der Waals surface area (Å²) < 4.78 is 7.31. The van der Waals surface area contributed by atoms with Crippen LogP contribution >= 0.6 is 11.6 Å². The minimum absolute atomic E-state index is 0.0513. The van der Waals surface area contributed by atoms with Crippen LogP contribution in [0.3, 0.4) is 0 Å². The van der Waals surface area contributed by atoms with Crippen molar-refractivity contribution < 1.29 is 14.6 Å². The second-order valence-corrected chi connectivity index (χ2v) is 4.77. The van der Waals surface area contributed by atoms with Crippen LogP contribution in [0.1, 0.15) is 28.7 Å². The maximum atomic E-state index is 11.1. The maximum Gasteiger partial charge on any atom is 0.339 e. The van der Waals surface area contributed by atoms with Crippen molar-refractivity contribution in [2.24, 2.45) is 7.05 Å². The molecule has 1 N–H and O–H groups in total. The molecular formula is C14H15ClN2O3. The van der Waals surface area contributed by atoms with E-state index in [1.807, 2.05) is 20.0 Å². The highest BCUT2D eigenvalue weighted by molar-refractivity contribution is 6.31. The highest BCUT2D eigenvalue weighted by Gasteiger charge is 2.13. The van der Waals surface area contributed by atoms with Gasteiger partial charge in [-0.2, -0.15) is 5.10 Å². The number of hydrogen-bond donors (Lipinski definition) is 1. The van der Waals surface area contributed by atoms with Crippen molar-refractivity contribution in [2.45, 2.75) is 20.0 Å². The molecule has 0 atom stereocenters. The minimum Gasteiger partial charge on any atom is -0.486 e. The molecule has 0 aliphatic rings. The van der Waals surface area contributed by atoms with E-state index in [0.717, 1.165) is 17.8 Å². The minimum atomic E-state index is -1.07. The fraction of sp³-hybridized carbons (Fsp3) is 0.286. The van der Waals surface area contributed by atoms with Gasteiger partial charge in [0, 0.05) is 12.1 Å². The van der Waals surface area contributed by atoms with E-state index >= 15 is 0 Å². The predicted molar refractivity (Wildman–Crippen MR) is 75.3 cm³/mol. The summed E-state index contributed by atoms with van der Waals surface area (Å²) in [4.78, 5) is 11.1. The van der Waals surface area contributed by atoms with Crippen molar-refractivity contribution in [2.75, 3.05) is 0 Å². The van der Waals surface area contributed by atoms with E-state index in [0.29, 0.717) is 10.8 Å². The number of nitrogens with zero attached hydrogens (tertiary/aromatic N) is 2. The first kappa shape index (κ1) is 14.4. The number of hydrogen-bond acceptors (Lipinski definition) is 3. The van der Waals surface area contributed by atoms with Gasteiger partial charge >= 0.3 is 5.97 Å². The number of benzene rings is 1. The van der Waals surface area contributed by atoms with Gasteiger partial charge in [-0.05, 0) is 30.7 Å². The van der Waals surface area contributed by atoms with Gasteiger partial charge in [0.15, 0.2) is 0 Å². The Morgan fingerprint density at radius 3 is 2.80 bits per heavy atom. The molecule has 0 spiro atoms. The molecule has 0 fully saturated rings. The van der Waals surface area contributed by atoms with E-state index in [2.05, 4.69) is 5.10 Å². The van der Waals surface area contributed by atoms with Gasteiger partial charge < -0.3 is 9.84 Å². The molecule has 2 rings (SSSR count). The summed E-state index contributed by atoms with van der Waals surface area (Å²) in [6.07, 6.45) is 0.842. The van der Waals surface area contributed by atoms with Gasteiger partial charge in [-0.1, -0.05) is 18.5 Å². The summed E-state index contributed by atoms with van der Waals surface area (Å²) in [5.41, 5.74) is 1.91. The normalized spacial score (nSPS) is 10.6. The Balaban J connectivity index is 2.18. The zero-order valence-electron chi connectivity index (χ0n) is 11.3. The molecule has 0 saturated heterocycles. The van der Waals surface area contributed by atoms with Gasteiger partial charge in [-0.15, -0.1) is 0 Å². The maximum absolute atomic E-state index is 11.1. The van der Waals surface area contributed by atoms with Gasteiger partial charge in [-0.3, -0.25) is 4.68 Å². The number of aromatic carboxylic acids is 1. The number of ether oxygens (including phenoxy) is 1. The fourth-order valence-corrected chi connectivity index (χ4v) is 2.00. The second kappa shape index (κ2) is 5.96. The molecule has 0 aliphatic heterocycles. The SMILES string of the molecule is CCc1cc(COc2ccc(Cl)cc2C(=O)O)n(C)n1. The Bertz CT molecular complexity index is 637. The Kier molecular flexibility index (Phi) is 4.29. The molecule has 0 saturated carbocycles. The van der Waals surface area contributed by atoms with Crippen LogP contribution in [0.4, 0.5) is 0 Å². The topological polar surface area (TPSA) is 64.3 Å². The molecule has 0 bridgehead atoms. The number of aryl methyl sites for hydroxylation is 2. The van der Waals surface area contributed by atoms with E-state index < -0.39 is 5.97 Å². The molecule has 106 valence electrons. The smallest absolute Gasteiger partial charge is 0.339 e. The summed E-state index contributed by atoms with van der Waals surface area (Å²) >= 11 is 5.79. The summed E-state index contributed by atoms with van der Waals surface area (Å²) in [6.45, 7) is 2.28. The fourth-order valence-electron chi connectivity index (χ4n) is 1.83. The van der Waals surface area contributed by atoms with Crippen molar-refractivity contribution in [3.63, 3.8) is 0 Å². The number of carboxylic acid groups (broad SMARTS) is 1. The van der Waals surface area contributed by atoms with E-state index in [1.165, 1.54) is 6.07 Å². The van der Waals surface area contributed by atoms with Crippen molar-refractivity contribution >= 4 is 17.6 Å². The largest absolute Gasteiger partial charge is 0.486 e. The van der Waals surface area contributed by atoms with E-state index in [4.69, 9.17) is 21.4 Å². The zero-order chi connectivity index (χ0) is 14.7. The Hall–Kier alpha value is -2.01. The molecule has 6 heteroatoms. The van der Waals surface area contributed by atoms with E-state index in [-0.39, 0.29) is 12.2 Å². The van der Waals surface area contributed by atoms with Crippen LogP contribution in [-0.4, -0.2) is 20.9 Å². The number of halogens is 1. The Labute approximate surface area is 121 Å². The average molecular weight is 295 g/mol. The lowest BCUT2D eigenvalue weighted by atomic mass is 10.2. The highest BCUT2D eigenvalue weighted by atomic mass is 35.5. The molecule has 20 heavy (non-hydrogen) atoms. The third-order valence-corrected chi connectivity index (χ3v) is 3.17. The third-order valence-electron chi connectivity index (χ3n) is 2.94. The van der Waals surface area contributed by atoms with Crippen LogP contribution in [0.15, 0.2) is 24.3 Å². The monoisotopic (exact) mass is 294 g/mol. The Morgan fingerprint density at radius 2 is 2.20 bits per heavy atom. The molecule has 1 heterocycles. The standard InChI is InChI=1S/C14H15ClN2O3/c1-3-10-7-11(17(2)16-10)8-20-13-5-4-9(15)6-12(13)14(18)19/h4-7H,3,8H2,1-2H3,(H,18,19). The van der Waals surface area contributed by atoms with Gasteiger partial charge in [0.1, 0.15) is 17.9 Å². The van der Waals surface area contributed by atoms with E-state index in [9.17, 15) is 4.79 Å². The quantitative estimate of drug-likeness (QED) is 0.921. The van der Waals surface area contributed by atoms with Gasteiger partial charge in [0.25, 0.3) is 0 Å². The van der Waals surface area contributed by atoms with Gasteiger partial charge in [0.05, 0.1) is 11.4 Å². The highest BCUT2D eigenvalue weighted by Crippen LogP contribution is 2.24. The molecule has 0 radical (unpaired) electrons. The Morgan fingerprint density at radius 1 is 1.45 bits per heavy atom. The van der Waals surface area contributed by atoms with Crippen molar-refractivity contribution in [1.82, 2.24) is 9.78 Å². The average Bonchev–Trinajstić information content (AvgIpc) is 2.78. The first-order chi connectivity index (χ1) is 9.51. The zero-order valence-corrected chi connectivity index (χ0v) is 12.0. The first-order valence-electron chi connectivity index (χ1n) is 6.18. The summed E-state index contributed by atoms with van der Waals surface area (Å²) in [7, 11) is 1.83. The molecular weight excluding hydrogens is 280 g/mol. The number of rotatable bonds is 5. The summed E-state index contributed by atoms with van der Waals surface area (Å²) in [6, 6.07) is 6.48. The van der Waals surface area contributed by atoms with Crippen LogP contribution in [0, 0.1) is 0 Å². The molecule has 1 aromatic carbocycles. The van der Waals surface area contributed by atoms with Crippen LogP contribution in [-0.2, 0) is 20.1 Å². The van der Waals surface area contributed by atoms with Crippen molar-refractivity contribution in [3.05, 3.63) is 46.2 Å². The predicted octanol–water partition coefficient (Wildman–Crippen LogP) is 2.91. The number of carboxylic acids is 1. The number of carbonyl (C=O) groups is 1. The van der Waals surface area contributed by atoms with Crippen LogP contribution in [0.25, 0.3) is 0 Å². The summed E-state index contributed by atoms with van der Waals surface area (Å²) in [5.74, 6) is -0.775. The van der Waals surface area contributed by atoms with Crippen molar-refractivity contribution in [1.29, 1.82) is 0 Å². The lowest BCUT2D eigenvalue weighted by molar-refractivity contribution is 0.0691. The number of aromatic nitrogens is 2. The van der Waals surface area contributed by atoms with Crippen molar-refractivity contribution in [3.8, 4) is 5.75 Å². The first-order valence-corrected chi connectivity index (χ1v) is 6.56. The molecule has 2 aromatic rings.